The topological polar surface area (TPSA) is 96.5 Å². The lowest BCUT2D eigenvalue weighted by Crippen LogP contribution is -2.32. The van der Waals surface area contributed by atoms with Crippen LogP contribution in [0.4, 0.5) is 0 Å². The van der Waals surface area contributed by atoms with E-state index < -0.39 is 11.9 Å². The summed E-state index contributed by atoms with van der Waals surface area (Å²) in [6.45, 7) is 1.72. The fraction of sp³-hybridized carbons (Fsp3) is 0.500. The lowest BCUT2D eigenvalue weighted by Gasteiger charge is -2.30. The van der Waals surface area contributed by atoms with E-state index in [9.17, 15) is 9.59 Å². The van der Waals surface area contributed by atoms with Crippen LogP contribution in [0, 0.1) is 6.92 Å². The molecule has 0 radical (unpaired) electrons. The summed E-state index contributed by atoms with van der Waals surface area (Å²) in [5.74, 6) is -0.424. The van der Waals surface area contributed by atoms with Crippen LogP contribution in [0.2, 0.25) is 0 Å². The van der Waals surface area contributed by atoms with Gasteiger partial charge in [-0.1, -0.05) is 11.6 Å². The van der Waals surface area contributed by atoms with Gasteiger partial charge < -0.3 is 13.9 Å². The highest BCUT2D eigenvalue weighted by molar-refractivity contribution is 5.90. The Kier molecular flexibility index (Phi) is 4.64. The third-order valence-electron chi connectivity index (χ3n) is 4.25. The van der Waals surface area contributed by atoms with E-state index in [0.717, 1.165) is 25.7 Å². The Morgan fingerprint density at radius 1 is 1.29 bits per heavy atom. The Hall–Kier alpha value is -2.64. The molecular weight excluding hydrogens is 314 g/mol. The quantitative estimate of drug-likeness (QED) is 0.792. The van der Waals surface area contributed by atoms with Gasteiger partial charge in [-0.3, -0.25) is 0 Å². The summed E-state index contributed by atoms with van der Waals surface area (Å²) >= 11 is 0. The summed E-state index contributed by atoms with van der Waals surface area (Å²) in [5.41, 5.74) is 0.562. The van der Waals surface area contributed by atoms with Gasteiger partial charge in [-0.15, -0.1) is 5.10 Å². The summed E-state index contributed by atoms with van der Waals surface area (Å²) in [6, 6.07) is 1.45. The molecule has 0 bridgehead atoms. The number of methoxy groups -OCH3 is 1. The highest BCUT2D eigenvalue weighted by Crippen LogP contribution is 2.31. The van der Waals surface area contributed by atoms with E-state index in [1.807, 2.05) is 0 Å². The van der Waals surface area contributed by atoms with Gasteiger partial charge in [0, 0.05) is 0 Å². The first-order chi connectivity index (χ1) is 11.6. The van der Waals surface area contributed by atoms with E-state index in [1.165, 1.54) is 19.6 Å². The minimum atomic E-state index is -0.542. The zero-order valence-electron chi connectivity index (χ0n) is 13.6. The molecule has 0 N–H and O–H groups in total. The second kappa shape index (κ2) is 6.86. The molecule has 128 valence electrons. The number of aryl methyl sites for hydroxylation is 1. The molecular formula is C16H19N3O5. The van der Waals surface area contributed by atoms with E-state index in [1.54, 1.807) is 17.7 Å². The second-order valence-corrected chi connectivity index (χ2v) is 5.76. The van der Waals surface area contributed by atoms with E-state index in [4.69, 9.17) is 9.15 Å². The molecule has 3 rings (SSSR count). The molecule has 2 heterocycles. The van der Waals surface area contributed by atoms with Gasteiger partial charge in [0.25, 0.3) is 0 Å². The molecule has 1 aliphatic rings. The smallest absolute Gasteiger partial charge is 0.360 e. The first-order valence-electron chi connectivity index (χ1n) is 7.85. The van der Waals surface area contributed by atoms with Crippen molar-refractivity contribution < 1.29 is 23.5 Å². The van der Waals surface area contributed by atoms with Crippen molar-refractivity contribution in [3.8, 4) is 0 Å². The molecule has 0 saturated heterocycles. The number of rotatable bonds is 4. The number of esters is 2. The van der Waals surface area contributed by atoms with Crippen molar-refractivity contribution in [2.45, 2.75) is 44.8 Å². The van der Waals surface area contributed by atoms with Crippen LogP contribution in [-0.2, 0) is 9.47 Å². The normalized spacial score (nSPS) is 20.6. The van der Waals surface area contributed by atoms with Crippen LogP contribution in [0.15, 0.2) is 22.9 Å². The van der Waals surface area contributed by atoms with Crippen molar-refractivity contribution >= 4 is 11.9 Å². The molecule has 8 nitrogen and oxygen atoms in total. The molecule has 0 aliphatic heterocycles. The Morgan fingerprint density at radius 3 is 2.79 bits per heavy atom. The summed E-state index contributed by atoms with van der Waals surface area (Å²) in [4.78, 5) is 23.9. The van der Waals surface area contributed by atoms with Crippen molar-refractivity contribution in [2.75, 3.05) is 7.11 Å². The molecule has 2 atom stereocenters. The summed E-state index contributed by atoms with van der Waals surface area (Å²) < 4.78 is 17.1. The molecule has 2 aromatic rings. The Balaban J connectivity index is 1.76. The number of carbonyl (C=O) groups is 2. The highest BCUT2D eigenvalue weighted by Gasteiger charge is 2.32. The van der Waals surface area contributed by atoms with Crippen LogP contribution in [0.25, 0.3) is 0 Å². The molecule has 0 spiro atoms. The third kappa shape index (κ3) is 3.17. The third-order valence-corrected chi connectivity index (χ3v) is 4.25. The Morgan fingerprint density at radius 2 is 2.08 bits per heavy atom. The van der Waals surface area contributed by atoms with E-state index >= 15 is 0 Å². The number of furan rings is 1. The van der Waals surface area contributed by atoms with Crippen molar-refractivity contribution in [3.63, 3.8) is 0 Å². The minimum Gasteiger partial charge on any atom is -0.469 e. The standard InChI is InChI=1S/C16H19N3O5/c1-10-11(7-8-23-10)15(20)24-14-6-4-3-5-13(14)19-9-12(17-18-19)16(21)22-2/h7-9,13-14H,3-6H2,1-2H3/t13-,14-/m0/s1. The molecule has 8 heteroatoms. The summed E-state index contributed by atoms with van der Waals surface area (Å²) in [7, 11) is 1.29. The van der Waals surface area contributed by atoms with E-state index in [0.29, 0.717) is 11.3 Å². The van der Waals surface area contributed by atoms with Gasteiger partial charge in [-0.25, -0.2) is 14.3 Å². The maximum absolute atomic E-state index is 12.3. The molecule has 1 aliphatic carbocycles. The van der Waals surface area contributed by atoms with Crippen molar-refractivity contribution in [1.29, 1.82) is 0 Å². The van der Waals surface area contributed by atoms with Gasteiger partial charge >= 0.3 is 11.9 Å². The van der Waals surface area contributed by atoms with Gasteiger partial charge in [-0.05, 0) is 32.3 Å². The zero-order chi connectivity index (χ0) is 17.1. The van der Waals surface area contributed by atoms with Crippen molar-refractivity contribution in [3.05, 3.63) is 35.5 Å². The first kappa shape index (κ1) is 16.2. The second-order valence-electron chi connectivity index (χ2n) is 5.76. The van der Waals surface area contributed by atoms with E-state index in [-0.39, 0.29) is 17.8 Å². The monoisotopic (exact) mass is 333 g/mol. The maximum Gasteiger partial charge on any atom is 0.360 e. The predicted octanol–water partition coefficient (Wildman–Crippen LogP) is 2.31. The van der Waals surface area contributed by atoms with Gasteiger partial charge in [0.15, 0.2) is 5.69 Å². The SMILES string of the molecule is COC(=O)c1cn([C@H]2CCCC[C@@H]2OC(=O)c2ccoc2C)nn1. The number of hydrogen-bond acceptors (Lipinski definition) is 7. The highest BCUT2D eigenvalue weighted by atomic mass is 16.5. The number of nitrogens with zero attached hydrogens (tertiary/aromatic N) is 3. The Bertz CT molecular complexity index is 736. The van der Waals surface area contributed by atoms with Crippen molar-refractivity contribution in [2.24, 2.45) is 0 Å². The first-order valence-corrected chi connectivity index (χ1v) is 7.85. The molecule has 1 saturated carbocycles. The predicted molar refractivity (Wildman–Crippen MR) is 81.5 cm³/mol. The number of ether oxygens (including phenoxy) is 2. The molecule has 0 unspecified atom stereocenters. The van der Waals surface area contributed by atoms with Crippen LogP contribution in [0.5, 0.6) is 0 Å². The van der Waals surface area contributed by atoms with Gasteiger partial charge in [-0.2, -0.15) is 0 Å². The zero-order valence-corrected chi connectivity index (χ0v) is 13.6. The lowest BCUT2D eigenvalue weighted by molar-refractivity contribution is 0.00157. The van der Waals surface area contributed by atoms with Crippen LogP contribution in [0.1, 0.15) is 58.3 Å². The van der Waals surface area contributed by atoms with Gasteiger partial charge in [0.1, 0.15) is 17.4 Å². The van der Waals surface area contributed by atoms with Crippen LogP contribution in [0.3, 0.4) is 0 Å². The fourth-order valence-corrected chi connectivity index (χ4v) is 2.95. The van der Waals surface area contributed by atoms with Crippen LogP contribution < -0.4 is 0 Å². The van der Waals surface area contributed by atoms with Crippen LogP contribution >= 0.6 is 0 Å². The number of carbonyl (C=O) groups excluding carboxylic acids is 2. The largest absolute Gasteiger partial charge is 0.469 e. The lowest BCUT2D eigenvalue weighted by atomic mass is 9.92. The number of hydrogen-bond donors (Lipinski definition) is 0. The summed E-state index contributed by atoms with van der Waals surface area (Å²) in [6.07, 6.45) is 6.17. The Labute approximate surface area is 138 Å². The average molecular weight is 333 g/mol. The number of aromatic nitrogens is 3. The van der Waals surface area contributed by atoms with E-state index in [2.05, 4.69) is 15.0 Å². The maximum atomic E-state index is 12.3. The molecule has 0 amide bonds. The van der Waals surface area contributed by atoms with Crippen LogP contribution in [-0.4, -0.2) is 40.1 Å². The minimum absolute atomic E-state index is 0.138. The fourth-order valence-electron chi connectivity index (χ4n) is 2.95. The van der Waals surface area contributed by atoms with Crippen molar-refractivity contribution in [1.82, 2.24) is 15.0 Å². The molecule has 1 fully saturated rings. The molecule has 24 heavy (non-hydrogen) atoms. The molecule has 2 aromatic heterocycles. The average Bonchev–Trinajstić information content (AvgIpc) is 3.23. The van der Waals surface area contributed by atoms with Gasteiger partial charge in [0.05, 0.1) is 25.6 Å². The van der Waals surface area contributed by atoms with Gasteiger partial charge in [0.2, 0.25) is 0 Å². The molecule has 0 aromatic carbocycles. The summed E-state index contributed by atoms with van der Waals surface area (Å²) in [5, 5.41) is 7.83.